The van der Waals surface area contributed by atoms with Crippen molar-refractivity contribution in [3.05, 3.63) is 114 Å². The summed E-state index contributed by atoms with van der Waals surface area (Å²) in [5.41, 5.74) is 3.20. The highest BCUT2D eigenvalue weighted by Gasteiger charge is 2.25. The van der Waals surface area contributed by atoms with Crippen molar-refractivity contribution in [3.8, 4) is 17.2 Å². The number of hydrogen-bond donors (Lipinski definition) is 1. The molecule has 200 valence electrons. The van der Waals surface area contributed by atoms with E-state index in [4.69, 9.17) is 14.2 Å². The first-order valence-electron chi connectivity index (χ1n) is 12.4. The molecule has 8 nitrogen and oxygen atoms in total. The van der Waals surface area contributed by atoms with E-state index in [1.54, 1.807) is 48.5 Å². The normalized spacial score (nSPS) is 12.1. The molecule has 0 unspecified atom stereocenters. The molecule has 0 bridgehead atoms. The van der Waals surface area contributed by atoms with E-state index >= 15 is 0 Å². The zero-order valence-electron chi connectivity index (χ0n) is 21.4. The lowest BCUT2D eigenvalue weighted by Crippen LogP contribution is -2.30. The molecule has 9 heteroatoms. The number of nitrogens with one attached hydrogen (secondary N) is 1. The van der Waals surface area contributed by atoms with Gasteiger partial charge in [-0.1, -0.05) is 54.1 Å². The van der Waals surface area contributed by atoms with Crippen molar-refractivity contribution in [1.29, 1.82) is 0 Å². The summed E-state index contributed by atoms with van der Waals surface area (Å²) in [5.74, 6) is 1.50. The van der Waals surface area contributed by atoms with E-state index in [2.05, 4.69) is 5.32 Å². The van der Waals surface area contributed by atoms with Crippen molar-refractivity contribution < 1.29 is 27.4 Å². The maximum Gasteiger partial charge on any atom is 0.264 e. The van der Waals surface area contributed by atoms with Crippen LogP contribution in [0.4, 0.5) is 5.69 Å². The number of amides is 1. The Morgan fingerprint density at radius 3 is 2.33 bits per heavy atom. The van der Waals surface area contributed by atoms with Crippen LogP contribution in [0.15, 0.2) is 102 Å². The Labute approximate surface area is 227 Å². The second kappa shape index (κ2) is 11.5. The second-order valence-corrected chi connectivity index (χ2v) is 10.9. The fourth-order valence-electron chi connectivity index (χ4n) is 4.06. The van der Waals surface area contributed by atoms with Gasteiger partial charge in [0.1, 0.15) is 5.75 Å². The molecule has 0 aromatic heterocycles. The smallest absolute Gasteiger partial charge is 0.264 e. The molecule has 0 fully saturated rings. The van der Waals surface area contributed by atoms with Gasteiger partial charge in [0.15, 0.2) is 18.1 Å². The van der Waals surface area contributed by atoms with Crippen molar-refractivity contribution >= 4 is 21.6 Å². The summed E-state index contributed by atoms with van der Waals surface area (Å²) < 4.78 is 44.9. The molecule has 0 saturated heterocycles. The summed E-state index contributed by atoms with van der Waals surface area (Å²) in [6, 6.07) is 28.4. The molecule has 1 N–H and O–H groups in total. The number of benzene rings is 4. The lowest BCUT2D eigenvalue weighted by Gasteiger charge is -2.25. The fraction of sp³-hybridized carbons (Fsp3) is 0.167. The quantitative estimate of drug-likeness (QED) is 0.308. The number of nitrogens with zero attached hydrogens (tertiary/aromatic N) is 1. The molecular weight excluding hydrogens is 516 g/mol. The fourth-order valence-corrected chi connectivity index (χ4v) is 5.51. The summed E-state index contributed by atoms with van der Waals surface area (Å²) in [6.45, 7) is 2.41. The van der Waals surface area contributed by atoms with Crippen LogP contribution in [0.25, 0.3) is 0 Å². The molecule has 0 aliphatic carbocycles. The Morgan fingerprint density at radius 1 is 0.872 bits per heavy atom. The molecular formula is C30H28N2O6S. The minimum atomic E-state index is -3.83. The zero-order valence-corrected chi connectivity index (χ0v) is 22.2. The first kappa shape index (κ1) is 26.1. The van der Waals surface area contributed by atoms with Crippen LogP contribution in [0.3, 0.4) is 0 Å². The highest BCUT2D eigenvalue weighted by Crippen LogP contribution is 2.32. The van der Waals surface area contributed by atoms with Crippen molar-refractivity contribution in [2.75, 3.05) is 17.7 Å². The molecule has 5 rings (SSSR count). The summed E-state index contributed by atoms with van der Waals surface area (Å²) in [7, 11) is -3.83. The van der Waals surface area contributed by atoms with Crippen LogP contribution < -0.4 is 23.8 Å². The molecule has 39 heavy (non-hydrogen) atoms. The van der Waals surface area contributed by atoms with Gasteiger partial charge in [0, 0.05) is 6.54 Å². The van der Waals surface area contributed by atoms with Gasteiger partial charge in [-0.2, -0.15) is 0 Å². The van der Waals surface area contributed by atoms with Gasteiger partial charge in [0.2, 0.25) is 6.79 Å². The van der Waals surface area contributed by atoms with Crippen molar-refractivity contribution in [2.24, 2.45) is 0 Å². The third-order valence-electron chi connectivity index (χ3n) is 6.20. The number of anilines is 1. The second-order valence-electron chi connectivity index (χ2n) is 9.06. The van der Waals surface area contributed by atoms with Crippen LogP contribution >= 0.6 is 0 Å². The Hall–Kier alpha value is -4.50. The van der Waals surface area contributed by atoms with Gasteiger partial charge in [-0.3, -0.25) is 9.10 Å². The Bertz CT molecular complexity index is 1540. The molecule has 0 spiro atoms. The Kier molecular flexibility index (Phi) is 7.69. The monoisotopic (exact) mass is 544 g/mol. The number of hydrogen-bond acceptors (Lipinski definition) is 6. The van der Waals surface area contributed by atoms with Crippen LogP contribution in [0.2, 0.25) is 0 Å². The van der Waals surface area contributed by atoms with Gasteiger partial charge in [-0.25, -0.2) is 8.42 Å². The van der Waals surface area contributed by atoms with Crippen LogP contribution in [0.5, 0.6) is 17.2 Å². The van der Waals surface area contributed by atoms with Gasteiger partial charge < -0.3 is 19.5 Å². The molecule has 1 heterocycles. The summed E-state index contributed by atoms with van der Waals surface area (Å²) in [6.07, 6.45) is 0. The molecule has 1 amide bonds. The number of aryl methyl sites for hydroxylation is 1. The van der Waals surface area contributed by atoms with Gasteiger partial charge in [0.05, 0.1) is 17.1 Å². The van der Waals surface area contributed by atoms with E-state index in [0.29, 0.717) is 29.5 Å². The average molecular weight is 545 g/mol. The summed E-state index contributed by atoms with van der Waals surface area (Å²) >= 11 is 0. The van der Waals surface area contributed by atoms with E-state index in [-0.39, 0.29) is 30.7 Å². The largest absolute Gasteiger partial charge is 0.484 e. The maximum atomic E-state index is 13.6. The first-order valence-corrected chi connectivity index (χ1v) is 13.8. The number of carbonyl (C=O) groups excluding carboxylic acids is 1. The van der Waals surface area contributed by atoms with Gasteiger partial charge in [-0.05, 0) is 66.6 Å². The average Bonchev–Trinajstić information content (AvgIpc) is 3.43. The SMILES string of the molecule is Cc1ccc(S(=O)(=O)N(Cc2ccccc2)c2ccc(OCC(=O)NCc3ccc4c(c3)OCO4)cc2)cc1. The van der Waals surface area contributed by atoms with Gasteiger partial charge >= 0.3 is 0 Å². The summed E-state index contributed by atoms with van der Waals surface area (Å²) in [4.78, 5) is 12.5. The molecule has 1 aliphatic heterocycles. The third kappa shape index (κ3) is 6.32. The van der Waals surface area contributed by atoms with Crippen molar-refractivity contribution in [1.82, 2.24) is 5.32 Å². The lowest BCUT2D eigenvalue weighted by atomic mass is 10.2. The Morgan fingerprint density at radius 2 is 1.59 bits per heavy atom. The summed E-state index contributed by atoms with van der Waals surface area (Å²) in [5, 5.41) is 2.81. The topological polar surface area (TPSA) is 94.2 Å². The molecule has 0 radical (unpaired) electrons. The maximum absolute atomic E-state index is 13.6. The number of carbonyl (C=O) groups is 1. The van der Waals surface area contributed by atoms with E-state index < -0.39 is 10.0 Å². The zero-order chi connectivity index (χ0) is 27.2. The number of sulfonamides is 1. The predicted molar refractivity (Wildman–Crippen MR) is 147 cm³/mol. The predicted octanol–water partition coefficient (Wildman–Crippen LogP) is 4.81. The van der Waals surface area contributed by atoms with Crippen LogP contribution in [-0.2, 0) is 27.9 Å². The van der Waals surface area contributed by atoms with E-state index in [1.807, 2.05) is 55.5 Å². The van der Waals surface area contributed by atoms with E-state index in [0.717, 1.165) is 16.7 Å². The van der Waals surface area contributed by atoms with Crippen LogP contribution in [0, 0.1) is 6.92 Å². The molecule has 4 aromatic rings. The van der Waals surface area contributed by atoms with Crippen LogP contribution in [0.1, 0.15) is 16.7 Å². The number of fused-ring (bicyclic) bond motifs is 1. The minimum absolute atomic E-state index is 0.166. The van der Waals surface area contributed by atoms with E-state index in [9.17, 15) is 13.2 Å². The molecule has 4 aromatic carbocycles. The molecule has 0 saturated carbocycles. The minimum Gasteiger partial charge on any atom is -0.484 e. The van der Waals surface area contributed by atoms with Crippen molar-refractivity contribution in [3.63, 3.8) is 0 Å². The number of rotatable bonds is 10. The van der Waals surface area contributed by atoms with Crippen molar-refractivity contribution in [2.45, 2.75) is 24.9 Å². The third-order valence-corrected chi connectivity index (χ3v) is 7.99. The molecule has 0 atom stereocenters. The molecule has 1 aliphatic rings. The first-order chi connectivity index (χ1) is 18.9. The highest BCUT2D eigenvalue weighted by molar-refractivity contribution is 7.92. The van der Waals surface area contributed by atoms with Gasteiger partial charge in [0.25, 0.3) is 15.9 Å². The van der Waals surface area contributed by atoms with Gasteiger partial charge in [-0.15, -0.1) is 0 Å². The van der Waals surface area contributed by atoms with E-state index in [1.165, 1.54) is 4.31 Å². The highest BCUT2D eigenvalue weighted by atomic mass is 32.2. The lowest BCUT2D eigenvalue weighted by molar-refractivity contribution is -0.123. The standard InChI is InChI=1S/C30H28N2O6S/c1-22-7-14-27(15-8-22)39(34,35)32(19-23-5-3-2-4-6-23)25-10-12-26(13-11-25)36-20-30(33)31-18-24-9-16-28-29(17-24)38-21-37-28/h2-17H,18-21H2,1H3,(H,31,33). The van der Waals surface area contributed by atoms with Crippen LogP contribution in [-0.4, -0.2) is 27.7 Å². The number of ether oxygens (including phenoxy) is 3. The Balaban J connectivity index is 1.25.